The summed E-state index contributed by atoms with van der Waals surface area (Å²) in [7, 11) is 0. The summed E-state index contributed by atoms with van der Waals surface area (Å²) in [6.45, 7) is 1.26. The zero-order valence-corrected chi connectivity index (χ0v) is 15.9. The van der Waals surface area contributed by atoms with Gasteiger partial charge in [-0.05, 0) is 65.2 Å². The molecule has 4 nitrogen and oxygen atoms in total. The van der Waals surface area contributed by atoms with Gasteiger partial charge in [0, 0.05) is 34.2 Å². The third-order valence-electron chi connectivity index (χ3n) is 4.33. The first-order valence-electron chi connectivity index (χ1n) is 8.15. The molecule has 3 rings (SSSR count). The van der Waals surface area contributed by atoms with E-state index in [1.54, 1.807) is 24.3 Å². The van der Waals surface area contributed by atoms with Crippen molar-refractivity contribution >= 4 is 39.3 Å². The van der Waals surface area contributed by atoms with E-state index in [-0.39, 0.29) is 17.9 Å². The highest BCUT2D eigenvalue weighted by atomic mass is 79.9. The summed E-state index contributed by atoms with van der Waals surface area (Å²) in [5, 5.41) is 3.64. The number of hydrogen-bond acceptors (Lipinski definition) is 2. The van der Waals surface area contributed by atoms with Crippen molar-refractivity contribution in [2.75, 3.05) is 13.1 Å². The summed E-state index contributed by atoms with van der Waals surface area (Å²) in [4.78, 5) is 26.7. The highest BCUT2D eigenvalue weighted by Crippen LogP contribution is 2.20. The van der Waals surface area contributed by atoms with E-state index in [0.29, 0.717) is 29.2 Å². The van der Waals surface area contributed by atoms with E-state index in [1.165, 1.54) is 0 Å². The summed E-state index contributed by atoms with van der Waals surface area (Å²) in [5.41, 5.74) is 1.27. The van der Waals surface area contributed by atoms with Gasteiger partial charge in [0.2, 0.25) is 0 Å². The van der Waals surface area contributed by atoms with Gasteiger partial charge in [0.1, 0.15) is 0 Å². The number of piperidine rings is 1. The number of hydrogen-bond donors (Lipinski definition) is 1. The van der Waals surface area contributed by atoms with Crippen molar-refractivity contribution in [2.24, 2.45) is 0 Å². The smallest absolute Gasteiger partial charge is 0.254 e. The molecular formula is C19H18BrClN2O2. The van der Waals surface area contributed by atoms with Crippen LogP contribution in [0.5, 0.6) is 0 Å². The predicted molar refractivity (Wildman–Crippen MR) is 102 cm³/mol. The summed E-state index contributed by atoms with van der Waals surface area (Å²) >= 11 is 9.27. The van der Waals surface area contributed by atoms with Crippen molar-refractivity contribution in [1.29, 1.82) is 0 Å². The first-order chi connectivity index (χ1) is 12.0. The lowest BCUT2D eigenvalue weighted by Gasteiger charge is -2.32. The monoisotopic (exact) mass is 420 g/mol. The Morgan fingerprint density at radius 1 is 1.04 bits per heavy atom. The largest absolute Gasteiger partial charge is 0.349 e. The summed E-state index contributed by atoms with van der Waals surface area (Å²) in [6, 6.07) is 14.3. The molecule has 0 atom stereocenters. The lowest BCUT2D eigenvalue weighted by molar-refractivity contribution is 0.0697. The second kappa shape index (κ2) is 8.02. The number of carbonyl (C=O) groups is 2. The molecule has 25 heavy (non-hydrogen) atoms. The fraction of sp³-hybridized carbons (Fsp3) is 0.263. The number of nitrogens with one attached hydrogen (secondary N) is 1. The molecule has 1 heterocycles. The third kappa shape index (κ3) is 4.41. The van der Waals surface area contributed by atoms with Crippen LogP contribution in [-0.2, 0) is 0 Å². The number of nitrogens with zero attached hydrogens (tertiary/aromatic N) is 1. The number of amides is 2. The zero-order chi connectivity index (χ0) is 17.8. The van der Waals surface area contributed by atoms with E-state index >= 15 is 0 Å². The van der Waals surface area contributed by atoms with Crippen LogP contribution in [-0.4, -0.2) is 35.8 Å². The van der Waals surface area contributed by atoms with Crippen LogP contribution < -0.4 is 5.32 Å². The Hall–Kier alpha value is -1.85. The van der Waals surface area contributed by atoms with E-state index in [0.717, 1.165) is 17.3 Å². The lowest BCUT2D eigenvalue weighted by atomic mass is 10.0. The molecule has 2 aromatic carbocycles. The van der Waals surface area contributed by atoms with Gasteiger partial charge in [-0.2, -0.15) is 0 Å². The van der Waals surface area contributed by atoms with Crippen LogP contribution in [0.1, 0.15) is 33.6 Å². The maximum atomic E-state index is 12.6. The van der Waals surface area contributed by atoms with Crippen molar-refractivity contribution in [3.05, 3.63) is 69.2 Å². The van der Waals surface area contributed by atoms with Gasteiger partial charge in [0.25, 0.3) is 11.8 Å². The maximum absolute atomic E-state index is 12.6. The molecule has 0 aromatic heterocycles. The minimum atomic E-state index is -0.104. The molecule has 1 aliphatic heterocycles. The van der Waals surface area contributed by atoms with Crippen LogP contribution in [0.15, 0.2) is 53.0 Å². The van der Waals surface area contributed by atoms with Crippen molar-refractivity contribution in [3.63, 3.8) is 0 Å². The minimum Gasteiger partial charge on any atom is -0.349 e. The highest BCUT2D eigenvalue weighted by Gasteiger charge is 2.25. The van der Waals surface area contributed by atoms with Gasteiger partial charge in [0.15, 0.2) is 0 Å². The molecule has 0 aliphatic carbocycles. The fourth-order valence-electron chi connectivity index (χ4n) is 2.90. The quantitative estimate of drug-likeness (QED) is 0.810. The molecule has 1 N–H and O–H groups in total. The van der Waals surface area contributed by atoms with Crippen LogP contribution in [0.25, 0.3) is 0 Å². The predicted octanol–water partition coefficient (Wildman–Crippen LogP) is 4.14. The summed E-state index contributed by atoms with van der Waals surface area (Å²) in [5.74, 6) is -0.0813. The number of halogens is 2. The first-order valence-corrected chi connectivity index (χ1v) is 9.32. The average molecular weight is 422 g/mol. The van der Waals surface area contributed by atoms with Gasteiger partial charge in [-0.3, -0.25) is 9.59 Å². The molecule has 1 saturated heterocycles. The van der Waals surface area contributed by atoms with Crippen LogP contribution in [0, 0.1) is 0 Å². The molecule has 1 aliphatic rings. The molecule has 6 heteroatoms. The fourth-order valence-corrected chi connectivity index (χ4v) is 3.48. The molecule has 0 saturated carbocycles. The molecule has 2 aromatic rings. The van der Waals surface area contributed by atoms with E-state index in [4.69, 9.17) is 11.6 Å². The van der Waals surface area contributed by atoms with Gasteiger partial charge in [-0.15, -0.1) is 0 Å². The van der Waals surface area contributed by atoms with Crippen LogP contribution in [0.2, 0.25) is 5.02 Å². The highest BCUT2D eigenvalue weighted by molar-refractivity contribution is 9.10. The molecule has 0 spiro atoms. The second-order valence-corrected chi connectivity index (χ2v) is 7.32. The SMILES string of the molecule is O=C(NC1CCN(C(=O)c2ccccc2Br)CC1)c1ccc(Cl)cc1. The Kier molecular flexibility index (Phi) is 5.76. The number of rotatable bonds is 3. The van der Waals surface area contributed by atoms with E-state index in [1.807, 2.05) is 29.2 Å². The number of benzene rings is 2. The van der Waals surface area contributed by atoms with E-state index in [2.05, 4.69) is 21.2 Å². The van der Waals surface area contributed by atoms with Gasteiger partial charge < -0.3 is 10.2 Å². The Balaban J connectivity index is 1.55. The Morgan fingerprint density at radius 2 is 1.68 bits per heavy atom. The van der Waals surface area contributed by atoms with E-state index < -0.39 is 0 Å². The Bertz CT molecular complexity index is 771. The normalized spacial score (nSPS) is 15.0. The molecular weight excluding hydrogens is 404 g/mol. The standard InChI is InChI=1S/C19H18BrClN2O2/c20-17-4-2-1-3-16(17)19(25)23-11-9-15(10-12-23)22-18(24)13-5-7-14(21)8-6-13/h1-8,15H,9-12H2,(H,22,24). The minimum absolute atomic E-state index is 0.0231. The van der Waals surface area contributed by atoms with Crippen molar-refractivity contribution in [1.82, 2.24) is 10.2 Å². The third-order valence-corrected chi connectivity index (χ3v) is 5.27. The van der Waals surface area contributed by atoms with E-state index in [9.17, 15) is 9.59 Å². The Morgan fingerprint density at radius 3 is 2.32 bits per heavy atom. The van der Waals surface area contributed by atoms with Crippen molar-refractivity contribution in [3.8, 4) is 0 Å². The molecule has 130 valence electrons. The molecule has 2 amide bonds. The summed E-state index contributed by atoms with van der Waals surface area (Å²) < 4.78 is 0.804. The van der Waals surface area contributed by atoms with Crippen molar-refractivity contribution < 1.29 is 9.59 Å². The molecule has 0 radical (unpaired) electrons. The first kappa shape index (κ1) is 18.0. The molecule has 0 bridgehead atoms. The number of likely N-dealkylation sites (tertiary alicyclic amines) is 1. The van der Waals surface area contributed by atoms with Gasteiger partial charge in [-0.25, -0.2) is 0 Å². The van der Waals surface area contributed by atoms with Crippen LogP contribution in [0.4, 0.5) is 0 Å². The molecule has 1 fully saturated rings. The van der Waals surface area contributed by atoms with Crippen molar-refractivity contribution in [2.45, 2.75) is 18.9 Å². The maximum Gasteiger partial charge on any atom is 0.254 e. The van der Waals surface area contributed by atoms with Gasteiger partial charge in [0.05, 0.1) is 5.56 Å². The van der Waals surface area contributed by atoms with Gasteiger partial charge >= 0.3 is 0 Å². The lowest BCUT2D eigenvalue weighted by Crippen LogP contribution is -2.46. The van der Waals surface area contributed by atoms with Gasteiger partial charge in [-0.1, -0.05) is 23.7 Å². The topological polar surface area (TPSA) is 49.4 Å². The Labute approximate surface area is 160 Å². The number of carbonyl (C=O) groups excluding carboxylic acids is 2. The average Bonchev–Trinajstić information content (AvgIpc) is 2.63. The van der Waals surface area contributed by atoms with Crippen LogP contribution >= 0.6 is 27.5 Å². The second-order valence-electron chi connectivity index (χ2n) is 6.03. The summed E-state index contributed by atoms with van der Waals surface area (Å²) in [6.07, 6.45) is 1.49. The van der Waals surface area contributed by atoms with Crippen LogP contribution in [0.3, 0.4) is 0 Å². The molecule has 0 unspecified atom stereocenters. The zero-order valence-electron chi connectivity index (χ0n) is 13.5.